The van der Waals surface area contributed by atoms with Gasteiger partial charge in [-0.2, -0.15) is 0 Å². The van der Waals surface area contributed by atoms with Crippen LogP contribution in [0, 0.1) is 12.7 Å². The van der Waals surface area contributed by atoms with Crippen molar-refractivity contribution in [2.75, 3.05) is 13.1 Å². The van der Waals surface area contributed by atoms with Gasteiger partial charge in [0, 0.05) is 12.6 Å². The highest BCUT2D eigenvalue weighted by Crippen LogP contribution is 2.17. The summed E-state index contributed by atoms with van der Waals surface area (Å²) >= 11 is 0. The molecule has 1 heterocycles. The first kappa shape index (κ1) is 12.5. The summed E-state index contributed by atoms with van der Waals surface area (Å²) in [5.74, 6) is -0.427. The Hall–Kier alpha value is -0.980. The van der Waals surface area contributed by atoms with E-state index in [9.17, 15) is 12.8 Å². The summed E-state index contributed by atoms with van der Waals surface area (Å²) in [5, 5.41) is 3.08. The summed E-state index contributed by atoms with van der Waals surface area (Å²) in [6.07, 6.45) is 0.777. The van der Waals surface area contributed by atoms with E-state index in [0.717, 1.165) is 19.0 Å². The van der Waals surface area contributed by atoms with E-state index < -0.39 is 15.8 Å². The van der Waals surface area contributed by atoms with E-state index in [-0.39, 0.29) is 10.9 Å². The molecule has 0 spiro atoms. The van der Waals surface area contributed by atoms with Gasteiger partial charge in [0.15, 0.2) is 0 Å². The first-order chi connectivity index (χ1) is 7.99. The molecule has 94 valence electrons. The minimum atomic E-state index is -3.55. The van der Waals surface area contributed by atoms with Gasteiger partial charge in [-0.1, -0.05) is 0 Å². The van der Waals surface area contributed by atoms with Crippen LogP contribution in [-0.4, -0.2) is 27.5 Å². The lowest BCUT2D eigenvalue weighted by atomic mass is 10.2. The third-order valence-corrected chi connectivity index (χ3v) is 4.49. The van der Waals surface area contributed by atoms with Gasteiger partial charge in [0.2, 0.25) is 10.0 Å². The second-order valence-electron chi connectivity index (χ2n) is 4.22. The number of aryl methyl sites for hydroxylation is 1. The zero-order valence-electron chi connectivity index (χ0n) is 9.53. The van der Waals surface area contributed by atoms with Crippen molar-refractivity contribution in [2.24, 2.45) is 0 Å². The number of hydrogen-bond donors (Lipinski definition) is 2. The topological polar surface area (TPSA) is 58.2 Å². The highest BCUT2D eigenvalue weighted by Gasteiger charge is 2.23. The quantitative estimate of drug-likeness (QED) is 0.842. The molecule has 0 aliphatic carbocycles. The molecule has 1 aromatic carbocycles. The fourth-order valence-corrected chi connectivity index (χ4v) is 3.45. The van der Waals surface area contributed by atoms with Gasteiger partial charge in [-0.15, -0.1) is 0 Å². The molecule has 1 atom stereocenters. The van der Waals surface area contributed by atoms with Crippen LogP contribution in [0.5, 0.6) is 0 Å². The van der Waals surface area contributed by atoms with E-state index in [2.05, 4.69) is 10.0 Å². The normalized spacial score (nSPS) is 20.7. The standard InChI is InChI=1S/C11H15FN2O2S/c1-8-6-9(12)2-3-11(8)17(15,16)14-10-4-5-13-7-10/h2-3,6,10,13-14H,4-5,7H2,1H3/t10-/m0/s1. The Morgan fingerprint density at radius 1 is 1.47 bits per heavy atom. The zero-order chi connectivity index (χ0) is 12.5. The lowest BCUT2D eigenvalue weighted by molar-refractivity contribution is 0.559. The Morgan fingerprint density at radius 2 is 2.24 bits per heavy atom. The van der Waals surface area contributed by atoms with E-state index in [1.807, 2.05) is 0 Å². The van der Waals surface area contributed by atoms with Crippen molar-refractivity contribution in [3.05, 3.63) is 29.6 Å². The minimum Gasteiger partial charge on any atom is -0.315 e. The van der Waals surface area contributed by atoms with Crippen molar-refractivity contribution in [1.82, 2.24) is 10.0 Å². The Bertz CT molecular complexity index is 510. The molecule has 0 saturated carbocycles. The van der Waals surface area contributed by atoms with Crippen LogP contribution in [0.1, 0.15) is 12.0 Å². The molecule has 0 radical (unpaired) electrons. The summed E-state index contributed by atoms with van der Waals surface area (Å²) in [4.78, 5) is 0.144. The van der Waals surface area contributed by atoms with Crippen molar-refractivity contribution >= 4 is 10.0 Å². The summed E-state index contributed by atoms with van der Waals surface area (Å²) in [6, 6.07) is 3.61. The van der Waals surface area contributed by atoms with E-state index in [0.29, 0.717) is 12.1 Å². The molecule has 1 aliphatic rings. The highest BCUT2D eigenvalue weighted by atomic mass is 32.2. The lowest BCUT2D eigenvalue weighted by Crippen LogP contribution is -2.36. The molecule has 2 N–H and O–H groups in total. The Morgan fingerprint density at radius 3 is 2.82 bits per heavy atom. The maximum atomic E-state index is 12.9. The number of benzene rings is 1. The van der Waals surface area contributed by atoms with Crippen molar-refractivity contribution in [3.8, 4) is 0 Å². The molecule has 2 rings (SSSR count). The van der Waals surface area contributed by atoms with Crippen LogP contribution in [0.4, 0.5) is 4.39 Å². The molecule has 6 heteroatoms. The molecule has 1 aromatic rings. The van der Waals surface area contributed by atoms with Crippen LogP contribution in [-0.2, 0) is 10.0 Å². The smallest absolute Gasteiger partial charge is 0.241 e. The molecule has 1 saturated heterocycles. The summed E-state index contributed by atoms with van der Waals surface area (Å²) in [5.41, 5.74) is 0.420. The van der Waals surface area contributed by atoms with Crippen molar-refractivity contribution in [1.29, 1.82) is 0 Å². The van der Waals surface area contributed by atoms with Crippen LogP contribution in [0.15, 0.2) is 23.1 Å². The van der Waals surface area contributed by atoms with E-state index in [1.54, 1.807) is 6.92 Å². The van der Waals surface area contributed by atoms with Gasteiger partial charge in [-0.25, -0.2) is 17.5 Å². The Kier molecular flexibility index (Phi) is 3.46. The van der Waals surface area contributed by atoms with Gasteiger partial charge < -0.3 is 5.32 Å². The molecular weight excluding hydrogens is 243 g/mol. The summed E-state index contributed by atoms with van der Waals surface area (Å²) in [6.45, 7) is 3.04. The third kappa shape index (κ3) is 2.83. The van der Waals surface area contributed by atoms with Crippen LogP contribution < -0.4 is 10.0 Å². The van der Waals surface area contributed by atoms with Gasteiger partial charge >= 0.3 is 0 Å². The molecule has 17 heavy (non-hydrogen) atoms. The van der Waals surface area contributed by atoms with E-state index in [1.165, 1.54) is 12.1 Å². The zero-order valence-corrected chi connectivity index (χ0v) is 10.3. The van der Waals surface area contributed by atoms with E-state index >= 15 is 0 Å². The molecule has 0 amide bonds. The maximum absolute atomic E-state index is 12.9. The molecule has 0 bridgehead atoms. The first-order valence-electron chi connectivity index (χ1n) is 5.48. The largest absolute Gasteiger partial charge is 0.315 e. The number of halogens is 1. The van der Waals surface area contributed by atoms with Crippen LogP contribution in [0.3, 0.4) is 0 Å². The van der Waals surface area contributed by atoms with Gasteiger partial charge in [0.1, 0.15) is 5.82 Å². The van der Waals surface area contributed by atoms with Crippen molar-refractivity contribution < 1.29 is 12.8 Å². The Labute approximate surface area is 100 Å². The summed E-state index contributed by atoms with van der Waals surface area (Å²) < 4.78 is 39.7. The van der Waals surface area contributed by atoms with Crippen LogP contribution in [0.25, 0.3) is 0 Å². The molecular formula is C11H15FN2O2S. The fraction of sp³-hybridized carbons (Fsp3) is 0.455. The molecule has 0 unspecified atom stereocenters. The fourth-order valence-electron chi connectivity index (χ4n) is 1.95. The SMILES string of the molecule is Cc1cc(F)ccc1S(=O)(=O)N[C@H]1CCNC1. The lowest BCUT2D eigenvalue weighted by Gasteiger charge is -2.13. The van der Waals surface area contributed by atoms with Gasteiger partial charge in [0.05, 0.1) is 4.90 Å². The van der Waals surface area contributed by atoms with Crippen LogP contribution in [0.2, 0.25) is 0 Å². The predicted octanol–water partition coefficient (Wildman–Crippen LogP) is 0.774. The number of nitrogens with one attached hydrogen (secondary N) is 2. The van der Waals surface area contributed by atoms with Gasteiger partial charge in [0.25, 0.3) is 0 Å². The third-order valence-electron chi connectivity index (χ3n) is 2.81. The summed E-state index contributed by atoms with van der Waals surface area (Å²) in [7, 11) is -3.55. The van der Waals surface area contributed by atoms with Crippen molar-refractivity contribution in [2.45, 2.75) is 24.3 Å². The molecule has 1 aliphatic heterocycles. The minimum absolute atomic E-state index is 0.0792. The van der Waals surface area contributed by atoms with Crippen molar-refractivity contribution in [3.63, 3.8) is 0 Å². The average molecular weight is 258 g/mol. The van der Waals surface area contributed by atoms with Crippen LogP contribution >= 0.6 is 0 Å². The van der Waals surface area contributed by atoms with Gasteiger partial charge in [-0.3, -0.25) is 0 Å². The maximum Gasteiger partial charge on any atom is 0.241 e. The molecule has 1 fully saturated rings. The predicted molar refractivity (Wildman–Crippen MR) is 62.7 cm³/mol. The number of rotatable bonds is 3. The first-order valence-corrected chi connectivity index (χ1v) is 6.96. The second-order valence-corrected chi connectivity index (χ2v) is 5.90. The van der Waals surface area contributed by atoms with E-state index in [4.69, 9.17) is 0 Å². The average Bonchev–Trinajstić information content (AvgIpc) is 2.68. The highest BCUT2D eigenvalue weighted by molar-refractivity contribution is 7.89. The monoisotopic (exact) mass is 258 g/mol. The molecule has 4 nitrogen and oxygen atoms in total. The number of sulfonamides is 1. The van der Waals surface area contributed by atoms with Gasteiger partial charge in [-0.05, 0) is 43.7 Å². The molecule has 0 aromatic heterocycles. The Balaban J connectivity index is 2.24. The second kappa shape index (κ2) is 4.72. The number of hydrogen-bond acceptors (Lipinski definition) is 3.